The summed E-state index contributed by atoms with van der Waals surface area (Å²) in [6.07, 6.45) is 12.1. The molecule has 204 valence electrons. The first kappa shape index (κ1) is 25.8. The van der Waals surface area contributed by atoms with Crippen LogP contribution in [0.5, 0.6) is 0 Å². The van der Waals surface area contributed by atoms with E-state index in [9.17, 15) is 9.90 Å². The largest absolute Gasteiger partial charge is 0.395 e. The maximum Gasteiger partial charge on any atom is 0.317 e. The first-order chi connectivity index (χ1) is 19.0. The smallest absolute Gasteiger partial charge is 0.317 e. The van der Waals surface area contributed by atoms with Gasteiger partial charge in [0.15, 0.2) is 0 Å². The fourth-order valence-electron chi connectivity index (χ4n) is 6.80. The molecule has 6 rings (SSSR count). The van der Waals surface area contributed by atoms with E-state index in [4.69, 9.17) is 5.10 Å². The molecule has 1 aromatic carbocycles. The summed E-state index contributed by atoms with van der Waals surface area (Å²) in [6.45, 7) is 6.20. The summed E-state index contributed by atoms with van der Waals surface area (Å²) in [5, 5.41) is 17.4. The van der Waals surface area contributed by atoms with Gasteiger partial charge in [0.1, 0.15) is 0 Å². The van der Waals surface area contributed by atoms with Gasteiger partial charge in [-0.15, -0.1) is 0 Å². The maximum atomic E-state index is 13.4. The van der Waals surface area contributed by atoms with Gasteiger partial charge in [0.25, 0.3) is 0 Å². The van der Waals surface area contributed by atoms with Crippen molar-refractivity contribution >= 4 is 12.1 Å². The van der Waals surface area contributed by atoms with Gasteiger partial charge in [-0.1, -0.05) is 42.8 Å². The molecule has 1 aliphatic heterocycles. The van der Waals surface area contributed by atoms with Crippen LogP contribution in [-0.4, -0.2) is 75.0 Å². The second kappa shape index (κ2) is 10.9. The van der Waals surface area contributed by atoms with Crippen LogP contribution in [-0.2, 0) is 6.42 Å². The van der Waals surface area contributed by atoms with Crippen molar-refractivity contribution in [3.05, 3.63) is 83.4 Å². The summed E-state index contributed by atoms with van der Waals surface area (Å²) >= 11 is 0. The molecule has 1 saturated carbocycles. The average molecular weight is 527 g/mol. The number of amides is 2. The number of β-amino-alcohol motifs (C(OH)–C–C–N with tert-alkyl or cyclic N) is 1. The number of allylic oxidation sites excluding steroid dienone is 1. The summed E-state index contributed by atoms with van der Waals surface area (Å²) in [6, 6.07) is 14.4. The summed E-state index contributed by atoms with van der Waals surface area (Å²) in [7, 11) is 0. The zero-order chi connectivity index (χ0) is 26.8. The van der Waals surface area contributed by atoms with Crippen molar-refractivity contribution in [2.75, 3.05) is 39.3 Å². The van der Waals surface area contributed by atoms with Gasteiger partial charge in [0, 0.05) is 38.9 Å². The number of aliphatic hydroxyl groups excluding tert-OH is 1. The maximum absolute atomic E-state index is 13.4. The van der Waals surface area contributed by atoms with Gasteiger partial charge < -0.3 is 15.3 Å². The van der Waals surface area contributed by atoms with Gasteiger partial charge in [-0.25, -0.2) is 9.48 Å². The van der Waals surface area contributed by atoms with E-state index in [-0.39, 0.29) is 24.1 Å². The molecule has 3 aliphatic rings. The van der Waals surface area contributed by atoms with Crippen LogP contribution in [0.3, 0.4) is 0 Å². The molecule has 3 unspecified atom stereocenters. The van der Waals surface area contributed by atoms with E-state index in [0.29, 0.717) is 25.6 Å². The molecule has 2 N–H and O–H groups in total. The van der Waals surface area contributed by atoms with Gasteiger partial charge in [-0.05, 0) is 66.4 Å². The third-order valence-corrected chi connectivity index (χ3v) is 9.14. The summed E-state index contributed by atoms with van der Waals surface area (Å²) in [5.41, 5.74) is 6.12. The summed E-state index contributed by atoms with van der Waals surface area (Å²) in [4.78, 5) is 21.8. The van der Waals surface area contributed by atoms with Gasteiger partial charge in [-0.2, -0.15) is 5.10 Å². The molecular formula is C31H38N6O2. The van der Waals surface area contributed by atoms with E-state index in [1.165, 1.54) is 16.8 Å². The van der Waals surface area contributed by atoms with E-state index in [1.807, 2.05) is 40.2 Å². The molecular weight excluding hydrogens is 488 g/mol. The Morgan fingerprint density at radius 1 is 1.13 bits per heavy atom. The number of rotatable bonds is 7. The Labute approximate surface area is 230 Å². The van der Waals surface area contributed by atoms with E-state index in [2.05, 4.69) is 52.5 Å². The number of nitrogens with one attached hydrogen (secondary N) is 1. The lowest BCUT2D eigenvalue weighted by Crippen LogP contribution is -2.52. The standard InChI is InChI=1S/C31H38N6O2/c1-31-20-24-21-33-37(27-8-5-11-32-22-27)29(24)19-26(31)10-9-25(31)18-28(23-6-3-2-4-7-23)34-30(39)36-14-12-35(13-15-36)16-17-38/h2-8,11,19,21-22,25,28,38H,9-10,12-18,20H2,1H3,(H,34,39). The van der Waals surface area contributed by atoms with E-state index in [1.54, 1.807) is 6.20 Å². The van der Waals surface area contributed by atoms with Crippen molar-refractivity contribution < 1.29 is 9.90 Å². The first-order valence-corrected chi connectivity index (χ1v) is 14.2. The minimum atomic E-state index is -0.0464. The first-order valence-electron chi connectivity index (χ1n) is 14.2. The van der Waals surface area contributed by atoms with Gasteiger partial charge in [-0.3, -0.25) is 9.88 Å². The Bertz CT molecular complexity index is 1320. The molecule has 3 atom stereocenters. The minimum absolute atomic E-state index is 0.00935. The van der Waals surface area contributed by atoms with Gasteiger partial charge >= 0.3 is 6.03 Å². The number of carbonyl (C=O) groups is 1. The Morgan fingerprint density at radius 3 is 2.69 bits per heavy atom. The highest BCUT2D eigenvalue weighted by Crippen LogP contribution is 2.55. The van der Waals surface area contributed by atoms with Crippen molar-refractivity contribution in [3.63, 3.8) is 0 Å². The SMILES string of the molecule is CC12Cc3cnn(-c4cccnc4)c3C=C1CCC2CC(NC(=O)N1CCN(CCO)CC1)c1ccccc1. The lowest BCUT2D eigenvalue weighted by atomic mass is 9.68. The summed E-state index contributed by atoms with van der Waals surface area (Å²) in [5.74, 6) is 0.450. The second-order valence-electron chi connectivity index (χ2n) is 11.4. The molecule has 0 bridgehead atoms. The van der Waals surface area contributed by atoms with Crippen LogP contribution in [0.25, 0.3) is 11.8 Å². The molecule has 0 radical (unpaired) electrons. The van der Waals surface area contributed by atoms with Crippen molar-refractivity contribution in [1.82, 2.24) is 29.9 Å². The highest BCUT2D eigenvalue weighted by Gasteiger charge is 2.46. The monoisotopic (exact) mass is 526 g/mol. The van der Waals surface area contributed by atoms with Crippen LogP contribution < -0.4 is 5.32 Å². The average Bonchev–Trinajstić information content (AvgIpc) is 3.52. The molecule has 1 saturated heterocycles. The highest BCUT2D eigenvalue weighted by atomic mass is 16.3. The number of fused-ring (bicyclic) bond motifs is 2. The number of piperazine rings is 1. The van der Waals surface area contributed by atoms with E-state index < -0.39 is 0 Å². The number of aliphatic hydroxyl groups is 1. The van der Waals surface area contributed by atoms with Crippen LogP contribution in [0.2, 0.25) is 0 Å². The Morgan fingerprint density at radius 2 is 1.95 bits per heavy atom. The van der Waals surface area contributed by atoms with E-state index >= 15 is 0 Å². The van der Waals surface area contributed by atoms with Crippen LogP contribution in [0.15, 0.2) is 66.6 Å². The number of aromatic nitrogens is 3. The van der Waals surface area contributed by atoms with Crippen molar-refractivity contribution in [1.29, 1.82) is 0 Å². The van der Waals surface area contributed by atoms with Crippen molar-refractivity contribution in [2.24, 2.45) is 11.3 Å². The molecule has 3 heterocycles. The lowest BCUT2D eigenvalue weighted by molar-refractivity contribution is 0.119. The van der Waals surface area contributed by atoms with Crippen LogP contribution in [0.1, 0.15) is 49.0 Å². The number of nitrogens with zero attached hydrogens (tertiary/aromatic N) is 5. The molecule has 8 nitrogen and oxygen atoms in total. The quantitative estimate of drug-likeness (QED) is 0.485. The molecule has 2 fully saturated rings. The van der Waals surface area contributed by atoms with Crippen molar-refractivity contribution in [3.8, 4) is 5.69 Å². The third-order valence-electron chi connectivity index (χ3n) is 9.14. The third kappa shape index (κ3) is 5.11. The molecule has 39 heavy (non-hydrogen) atoms. The Kier molecular flexibility index (Phi) is 7.23. The lowest BCUT2D eigenvalue weighted by Gasteiger charge is -2.39. The van der Waals surface area contributed by atoms with Crippen LogP contribution in [0, 0.1) is 11.3 Å². The molecule has 8 heteroatoms. The molecule has 2 amide bonds. The Hall–Kier alpha value is -3.49. The highest BCUT2D eigenvalue weighted by molar-refractivity contribution is 5.75. The number of hydrogen-bond acceptors (Lipinski definition) is 5. The molecule has 2 aliphatic carbocycles. The Balaban J connectivity index is 1.20. The molecule has 0 spiro atoms. The number of pyridine rings is 1. The minimum Gasteiger partial charge on any atom is -0.395 e. The zero-order valence-electron chi connectivity index (χ0n) is 22.7. The fraction of sp³-hybridized carbons (Fsp3) is 0.452. The van der Waals surface area contributed by atoms with Crippen LogP contribution in [0.4, 0.5) is 4.79 Å². The molecule has 2 aromatic heterocycles. The summed E-state index contributed by atoms with van der Waals surface area (Å²) < 4.78 is 2.01. The predicted octanol–water partition coefficient (Wildman–Crippen LogP) is 4.07. The van der Waals surface area contributed by atoms with E-state index in [0.717, 1.165) is 50.0 Å². The topological polar surface area (TPSA) is 86.5 Å². The normalized spacial score (nSPS) is 23.6. The fourth-order valence-corrected chi connectivity index (χ4v) is 6.80. The van der Waals surface area contributed by atoms with Crippen LogP contribution >= 0.6 is 0 Å². The number of urea groups is 1. The zero-order valence-corrected chi connectivity index (χ0v) is 22.7. The number of benzene rings is 1. The molecule has 3 aromatic rings. The van der Waals surface area contributed by atoms with Gasteiger partial charge in [0.2, 0.25) is 0 Å². The second-order valence-corrected chi connectivity index (χ2v) is 11.4. The predicted molar refractivity (Wildman–Crippen MR) is 151 cm³/mol. The van der Waals surface area contributed by atoms with Crippen molar-refractivity contribution in [2.45, 2.75) is 38.6 Å². The number of carbonyl (C=O) groups excluding carboxylic acids is 1. The number of hydrogen-bond donors (Lipinski definition) is 2. The van der Waals surface area contributed by atoms with Gasteiger partial charge in [0.05, 0.1) is 36.4 Å².